The molecule has 0 fully saturated rings. The first-order valence-electron chi connectivity index (χ1n) is 12.1. The summed E-state index contributed by atoms with van der Waals surface area (Å²) < 4.78 is 0. The predicted octanol–water partition coefficient (Wildman–Crippen LogP) is 1.37. The van der Waals surface area contributed by atoms with Gasteiger partial charge in [-0.3, -0.25) is 14.4 Å². The van der Waals surface area contributed by atoms with Crippen LogP contribution in [0.1, 0.15) is 30.4 Å². The second-order valence-electron chi connectivity index (χ2n) is 8.92. The Balaban J connectivity index is 1.92. The lowest BCUT2D eigenvalue weighted by atomic mass is 10.0. The Morgan fingerprint density at radius 2 is 1.42 bits per heavy atom. The number of rotatable bonds is 15. The molecule has 36 heavy (non-hydrogen) atoms. The van der Waals surface area contributed by atoms with E-state index < -0.39 is 36.4 Å². The standard InChI is InChI=1S/C27H36N4O5/c1-31(2)17-9-14-24(32)29-22(16-15-20-10-5-3-6-11-20)26(34)28-19-25(33)30-23(27(35)36)18-21-12-7-4-8-13-21/h3-8,10-13,22-23H,9,14-19H2,1-2H3,(H,28,34)(H,29,32)(H,30,33)(H,35,36)/t22-,23-/m0/s1. The molecule has 0 aliphatic heterocycles. The molecule has 0 saturated heterocycles. The van der Waals surface area contributed by atoms with Crippen molar-refractivity contribution in [2.75, 3.05) is 27.2 Å². The second-order valence-corrected chi connectivity index (χ2v) is 8.92. The summed E-state index contributed by atoms with van der Waals surface area (Å²) in [7, 11) is 3.85. The molecule has 0 bridgehead atoms. The van der Waals surface area contributed by atoms with Crippen LogP contribution in [-0.2, 0) is 32.0 Å². The highest BCUT2D eigenvalue weighted by Crippen LogP contribution is 2.07. The molecule has 0 radical (unpaired) electrons. The Labute approximate surface area is 212 Å². The molecule has 0 aliphatic rings. The first-order chi connectivity index (χ1) is 17.2. The van der Waals surface area contributed by atoms with Crippen LogP contribution >= 0.6 is 0 Å². The highest BCUT2D eigenvalue weighted by Gasteiger charge is 2.23. The maximum absolute atomic E-state index is 12.9. The van der Waals surface area contributed by atoms with Crippen LogP contribution in [0.5, 0.6) is 0 Å². The molecule has 4 N–H and O–H groups in total. The number of aryl methyl sites for hydroxylation is 1. The van der Waals surface area contributed by atoms with Crippen LogP contribution in [0.4, 0.5) is 0 Å². The summed E-state index contributed by atoms with van der Waals surface area (Å²) in [6.07, 6.45) is 2.00. The molecule has 2 aromatic carbocycles. The van der Waals surface area contributed by atoms with Crippen LogP contribution in [0.15, 0.2) is 60.7 Å². The Morgan fingerprint density at radius 1 is 0.833 bits per heavy atom. The van der Waals surface area contributed by atoms with E-state index in [2.05, 4.69) is 16.0 Å². The molecule has 9 heteroatoms. The number of hydrogen-bond acceptors (Lipinski definition) is 5. The molecule has 0 spiro atoms. The van der Waals surface area contributed by atoms with Gasteiger partial charge < -0.3 is 26.0 Å². The van der Waals surface area contributed by atoms with Gasteiger partial charge in [-0.15, -0.1) is 0 Å². The number of benzene rings is 2. The quantitative estimate of drug-likeness (QED) is 0.295. The van der Waals surface area contributed by atoms with Gasteiger partial charge in [-0.05, 0) is 51.0 Å². The van der Waals surface area contributed by atoms with Gasteiger partial charge in [-0.1, -0.05) is 60.7 Å². The summed E-state index contributed by atoms with van der Waals surface area (Å²) >= 11 is 0. The average Bonchev–Trinajstić information content (AvgIpc) is 2.85. The molecule has 2 atom stereocenters. The zero-order chi connectivity index (χ0) is 26.3. The Hall–Kier alpha value is -3.72. The Morgan fingerprint density at radius 3 is 2.00 bits per heavy atom. The van der Waals surface area contributed by atoms with Crippen LogP contribution in [0, 0.1) is 0 Å². The molecule has 194 valence electrons. The van der Waals surface area contributed by atoms with Crippen molar-refractivity contribution < 1.29 is 24.3 Å². The van der Waals surface area contributed by atoms with E-state index in [0.29, 0.717) is 19.3 Å². The largest absolute Gasteiger partial charge is 0.480 e. The lowest BCUT2D eigenvalue weighted by Gasteiger charge is -2.20. The summed E-state index contributed by atoms with van der Waals surface area (Å²) in [5, 5.41) is 17.3. The van der Waals surface area contributed by atoms with Gasteiger partial charge in [0.2, 0.25) is 17.7 Å². The van der Waals surface area contributed by atoms with Gasteiger partial charge in [0.1, 0.15) is 12.1 Å². The minimum atomic E-state index is -1.16. The third-order valence-corrected chi connectivity index (χ3v) is 5.56. The lowest BCUT2D eigenvalue weighted by Crippen LogP contribution is -2.51. The number of carbonyl (C=O) groups excluding carboxylic acids is 3. The van der Waals surface area contributed by atoms with E-state index in [1.54, 1.807) is 24.3 Å². The number of nitrogens with zero attached hydrogens (tertiary/aromatic N) is 1. The van der Waals surface area contributed by atoms with E-state index in [4.69, 9.17) is 0 Å². The summed E-state index contributed by atoms with van der Waals surface area (Å²) in [6, 6.07) is 16.6. The highest BCUT2D eigenvalue weighted by atomic mass is 16.4. The fourth-order valence-electron chi connectivity index (χ4n) is 3.63. The molecule has 0 unspecified atom stereocenters. The Bertz CT molecular complexity index is 982. The maximum Gasteiger partial charge on any atom is 0.326 e. The average molecular weight is 497 g/mol. The third kappa shape index (κ3) is 11.1. The minimum absolute atomic E-state index is 0.124. The van der Waals surface area contributed by atoms with Crippen molar-refractivity contribution in [1.29, 1.82) is 0 Å². The van der Waals surface area contributed by atoms with Gasteiger partial charge in [0, 0.05) is 12.8 Å². The molecule has 0 aromatic heterocycles. The fourth-order valence-corrected chi connectivity index (χ4v) is 3.63. The fraction of sp³-hybridized carbons (Fsp3) is 0.407. The summed E-state index contributed by atoms with van der Waals surface area (Å²) in [5.41, 5.74) is 1.80. The maximum atomic E-state index is 12.9. The normalized spacial score (nSPS) is 12.4. The molecular weight excluding hydrogens is 460 g/mol. The Kier molecular flexibility index (Phi) is 12.1. The first-order valence-corrected chi connectivity index (χ1v) is 12.1. The lowest BCUT2D eigenvalue weighted by molar-refractivity contribution is -0.141. The van der Waals surface area contributed by atoms with Crippen molar-refractivity contribution in [2.45, 2.75) is 44.2 Å². The van der Waals surface area contributed by atoms with Crippen LogP contribution in [-0.4, -0.2) is 73.0 Å². The highest BCUT2D eigenvalue weighted by molar-refractivity contribution is 5.91. The minimum Gasteiger partial charge on any atom is -0.480 e. The topological polar surface area (TPSA) is 128 Å². The van der Waals surface area contributed by atoms with Crippen LogP contribution < -0.4 is 16.0 Å². The summed E-state index contributed by atoms with van der Waals surface area (Å²) in [6.45, 7) is 0.359. The van der Waals surface area contributed by atoms with Crippen molar-refractivity contribution in [1.82, 2.24) is 20.9 Å². The second kappa shape index (κ2) is 15.3. The van der Waals surface area contributed by atoms with E-state index in [1.165, 1.54) is 0 Å². The van der Waals surface area contributed by atoms with E-state index in [1.807, 2.05) is 55.4 Å². The molecule has 0 heterocycles. The number of aliphatic carboxylic acids is 1. The number of carbonyl (C=O) groups is 4. The van der Waals surface area contributed by atoms with Crippen LogP contribution in [0.2, 0.25) is 0 Å². The SMILES string of the molecule is CN(C)CCCC(=O)N[C@@H](CCc1ccccc1)C(=O)NCC(=O)N[C@@H](Cc1ccccc1)C(=O)O. The van der Waals surface area contributed by atoms with E-state index >= 15 is 0 Å². The molecule has 2 aromatic rings. The first kappa shape index (κ1) is 28.5. The van der Waals surface area contributed by atoms with Gasteiger partial charge in [0.25, 0.3) is 0 Å². The number of nitrogens with one attached hydrogen (secondary N) is 3. The van der Waals surface area contributed by atoms with E-state index in [9.17, 15) is 24.3 Å². The number of amides is 3. The van der Waals surface area contributed by atoms with E-state index in [-0.39, 0.29) is 18.7 Å². The molecule has 2 rings (SSSR count). The zero-order valence-electron chi connectivity index (χ0n) is 20.9. The molecule has 3 amide bonds. The predicted molar refractivity (Wildman–Crippen MR) is 137 cm³/mol. The summed E-state index contributed by atoms with van der Waals surface area (Å²) in [4.78, 5) is 51.3. The van der Waals surface area contributed by atoms with Crippen molar-refractivity contribution in [3.05, 3.63) is 71.8 Å². The monoisotopic (exact) mass is 496 g/mol. The van der Waals surface area contributed by atoms with Gasteiger partial charge >= 0.3 is 5.97 Å². The summed E-state index contributed by atoms with van der Waals surface area (Å²) in [5.74, 6) is -2.50. The van der Waals surface area contributed by atoms with Gasteiger partial charge in [-0.25, -0.2) is 4.79 Å². The third-order valence-electron chi connectivity index (χ3n) is 5.56. The van der Waals surface area contributed by atoms with Crippen molar-refractivity contribution in [3.8, 4) is 0 Å². The number of carboxylic acids is 1. The zero-order valence-corrected chi connectivity index (χ0v) is 20.9. The van der Waals surface area contributed by atoms with Gasteiger partial charge in [0.15, 0.2) is 0 Å². The van der Waals surface area contributed by atoms with E-state index in [0.717, 1.165) is 17.7 Å². The number of carboxylic acid groups (broad SMARTS) is 1. The van der Waals surface area contributed by atoms with Crippen LogP contribution in [0.3, 0.4) is 0 Å². The van der Waals surface area contributed by atoms with Gasteiger partial charge in [-0.2, -0.15) is 0 Å². The molecule has 0 saturated carbocycles. The van der Waals surface area contributed by atoms with Crippen molar-refractivity contribution in [3.63, 3.8) is 0 Å². The number of hydrogen-bond donors (Lipinski definition) is 4. The molecular formula is C27H36N4O5. The molecule has 9 nitrogen and oxygen atoms in total. The van der Waals surface area contributed by atoms with Crippen molar-refractivity contribution in [2.24, 2.45) is 0 Å². The smallest absolute Gasteiger partial charge is 0.326 e. The molecule has 0 aliphatic carbocycles. The van der Waals surface area contributed by atoms with Gasteiger partial charge in [0.05, 0.1) is 6.54 Å². The van der Waals surface area contributed by atoms with Crippen molar-refractivity contribution >= 4 is 23.7 Å². The van der Waals surface area contributed by atoms with Crippen LogP contribution in [0.25, 0.3) is 0 Å².